The van der Waals surface area contributed by atoms with Gasteiger partial charge in [-0.15, -0.1) is 0 Å². The average Bonchev–Trinajstić information content (AvgIpc) is 2.86. The lowest BCUT2D eigenvalue weighted by molar-refractivity contribution is -0.668. The Bertz CT molecular complexity index is 857. The van der Waals surface area contributed by atoms with Crippen molar-refractivity contribution in [1.82, 2.24) is 4.90 Å². The minimum atomic E-state index is -1.95. The summed E-state index contributed by atoms with van der Waals surface area (Å²) in [5, 5.41) is 1.24. The quantitative estimate of drug-likeness (QED) is 0.577. The molecule has 126 valence electrons. The summed E-state index contributed by atoms with van der Waals surface area (Å²) in [6.07, 6.45) is 12.4. The van der Waals surface area contributed by atoms with Crippen LogP contribution in [0.3, 0.4) is 0 Å². The zero-order chi connectivity index (χ0) is 17.2. The van der Waals surface area contributed by atoms with E-state index < -0.39 is 7.14 Å². The zero-order valence-corrected chi connectivity index (χ0v) is 16.2. The van der Waals surface area contributed by atoms with Crippen LogP contribution in [-0.4, -0.2) is 31.4 Å². The summed E-state index contributed by atoms with van der Waals surface area (Å²) >= 11 is 1.81. The van der Waals surface area contributed by atoms with E-state index in [0.29, 0.717) is 0 Å². The highest BCUT2D eigenvalue weighted by molar-refractivity contribution is 7.62. The minimum Gasteiger partial charge on any atom is -0.357 e. The van der Waals surface area contributed by atoms with Crippen LogP contribution in [0.25, 0.3) is 16.3 Å². The number of fused-ring (bicyclic) bond motifs is 1. The molecule has 0 amide bonds. The average molecular weight is 359 g/mol. The maximum absolute atomic E-state index is 12.0. The highest BCUT2D eigenvalue weighted by Crippen LogP contribution is 2.36. The molecule has 0 N–H and O–H groups in total. The highest BCUT2D eigenvalue weighted by Gasteiger charge is 2.19. The van der Waals surface area contributed by atoms with Crippen LogP contribution in [0.4, 0.5) is 0 Å². The summed E-state index contributed by atoms with van der Waals surface area (Å²) in [5.41, 5.74) is 2.46. The lowest BCUT2D eigenvalue weighted by atomic mass is 10.2. The third-order valence-electron chi connectivity index (χ3n) is 4.01. The minimum absolute atomic E-state index is 0.796. The molecule has 0 radical (unpaired) electrons. The number of para-hydroxylation sites is 1. The van der Waals surface area contributed by atoms with E-state index in [9.17, 15) is 4.57 Å². The monoisotopic (exact) mass is 359 g/mol. The molecular weight excluding hydrogens is 335 g/mol. The fourth-order valence-corrected chi connectivity index (χ4v) is 4.80. The van der Waals surface area contributed by atoms with Gasteiger partial charge in [0.05, 0.1) is 7.14 Å². The number of rotatable bonds is 5. The standard InChI is InChI=1S/C19H24N2OPS/c1-20-12-9-16(10-13-20)15-19-21(11-6-14-23(2,3)22)17-7-4-5-8-18(17)24-19/h4-5,7-10,12-13,15H,6,11,14H2,1-3H3/q+1. The number of benzene rings is 1. The Labute approximate surface area is 148 Å². The Morgan fingerprint density at radius 1 is 1.21 bits per heavy atom. The normalized spacial score (nSPS) is 14.6. The van der Waals surface area contributed by atoms with Gasteiger partial charge in [0.2, 0.25) is 5.52 Å². The van der Waals surface area contributed by atoms with E-state index in [1.807, 2.05) is 36.6 Å². The molecular formula is C19H24N2OPS+. The summed E-state index contributed by atoms with van der Waals surface area (Å²) in [5.74, 6) is 0. The Morgan fingerprint density at radius 3 is 2.62 bits per heavy atom. The Hall–Kier alpha value is -1.64. The molecule has 0 atom stereocenters. The summed E-state index contributed by atoms with van der Waals surface area (Å²) in [7, 11) is 0.0705. The van der Waals surface area contributed by atoms with Crippen LogP contribution >= 0.6 is 18.5 Å². The molecule has 0 unspecified atom stereocenters. The summed E-state index contributed by atoms with van der Waals surface area (Å²) in [6.45, 7) is 4.66. The number of aryl methyl sites for hydroxylation is 1. The molecule has 1 aliphatic heterocycles. The number of hydrogen-bond acceptors (Lipinski definition) is 3. The maximum atomic E-state index is 12.0. The van der Waals surface area contributed by atoms with E-state index in [1.54, 1.807) is 0 Å². The maximum Gasteiger partial charge on any atom is 0.263 e. The van der Waals surface area contributed by atoms with Crippen molar-refractivity contribution in [3.05, 3.63) is 59.4 Å². The number of hydrogen-bond donors (Lipinski definition) is 0. The van der Waals surface area contributed by atoms with Crippen LogP contribution in [0.2, 0.25) is 0 Å². The van der Waals surface area contributed by atoms with Crippen LogP contribution in [0, 0.1) is 0 Å². The first kappa shape index (κ1) is 17.2. The summed E-state index contributed by atoms with van der Waals surface area (Å²) in [6, 6.07) is 8.51. The van der Waals surface area contributed by atoms with Gasteiger partial charge in [-0.3, -0.25) is 0 Å². The fourth-order valence-electron chi connectivity index (χ4n) is 2.75. The van der Waals surface area contributed by atoms with Gasteiger partial charge in [-0.1, -0.05) is 23.5 Å². The first-order valence-electron chi connectivity index (χ1n) is 8.18. The first-order valence-corrected chi connectivity index (χ1v) is 11.8. The molecule has 1 aromatic heterocycles. The third kappa shape index (κ3) is 4.25. The lowest BCUT2D eigenvalue weighted by Crippen LogP contribution is -2.35. The molecule has 24 heavy (non-hydrogen) atoms. The van der Waals surface area contributed by atoms with Crippen molar-refractivity contribution < 1.29 is 9.13 Å². The second kappa shape index (κ2) is 7.08. The van der Waals surface area contributed by atoms with E-state index in [1.165, 1.54) is 20.8 Å². The van der Waals surface area contributed by atoms with Gasteiger partial charge in [-0.2, -0.15) is 4.57 Å². The number of nitrogens with zero attached hydrogens (tertiary/aromatic N) is 2. The van der Waals surface area contributed by atoms with E-state index in [0.717, 1.165) is 19.1 Å². The first-order chi connectivity index (χ1) is 11.4. The van der Waals surface area contributed by atoms with Gasteiger partial charge in [0.1, 0.15) is 4.70 Å². The van der Waals surface area contributed by atoms with Gasteiger partial charge in [-0.25, -0.2) is 0 Å². The van der Waals surface area contributed by atoms with Gasteiger partial charge >= 0.3 is 0 Å². The van der Waals surface area contributed by atoms with Gasteiger partial charge in [0.15, 0.2) is 6.54 Å². The Kier molecular flexibility index (Phi) is 5.07. The van der Waals surface area contributed by atoms with Crippen LogP contribution in [0.1, 0.15) is 11.4 Å². The predicted molar refractivity (Wildman–Crippen MR) is 105 cm³/mol. The van der Waals surface area contributed by atoms with Gasteiger partial charge in [0.25, 0.3) is 5.01 Å². The zero-order valence-electron chi connectivity index (χ0n) is 14.5. The second-order valence-electron chi connectivity index (χ2n) is 6.65. The lowest BCUT2D eigenvalue weighted by Gasteiger charge is -2.11. The van der Waals surface area contributed by atoms with E-state index in [4.69, 9.17) is 0 Å². The van der Waals surface area contributed by atoms with E-state index in [-0.39, 0.29) is 0 Å². The molecule has 1 aromatic carbocycles. The largest absolute Gasteiger partial charge is 0.357 e. The molecule has 5 heteroatoms. The predicted octanol–water partition coefficient (Wildman–Crippen LogP) is 4.56. The molecule has 0 bridgehead atoms. The summed E-state index contributed by atoms with van der Waals surface area (Å²) < 4.78 is 15.7. The Balaban J connectivity index is 1.93. The van der Waals surface area contributed by atoms with Gasteiger partial charge in [0, 0.05) is 44.2 Å². The number of thiazole rings is 1. The van der Waals surface area contributed by atoms with Crippen molar-refractivity contribution in [3.8, 4) is 0 Å². The SMILES string of the molecule is CN1C=CC(=Cc2sc3ccccc3[n+]2CCCP(C)(C)=O)C=C1. The molecule has 0 aliphatic carbocycles. The molecule has 0 fully saturated rings. The molecule has 3 rings (SSSR count). The van der Waals surface area contributed by atoms with E-state index in [2.05, 4.69) is 59.5 Å². The van der Waals surface area contributed by atoms with Crippen molar-refractivity contribution in [3.63, 3.8) is 0 Å². The molecule has 0 spiro atoms. The van der Waals surface area contributed by atoms with Crippen molar-refractivity contribution in [2.75, 3.05) is 26.5 Å². The fraction of sp³-hybridized carbons (Fsp3) is 0.316. The van der Waals surface area contributed by atoms with Crippen LogP contribution in [-0.2, 0) is 11.1 Å². The van der Waals surface area contributed by atoms with E-state index >= 15 is 0 Å². The highest BCUT2D eigenvalue weighted by atomic mass is 32.1. The van der Waals surface area contributed by atoms with Crippen molar-refractivity contribution in [1.29, 1.82) is 0 Å². The smallest absolute Gasteiger partial charge is 0.263 e. The molecule has 0 saturated heterocycles. The van der Waals surface area contributed by atoms with Crippen molar-refractivity contribution >= 4 is 34.8 Å². The van der Waals surface area contributed by atoms with Crippen LogP contribution < -0.4 is 4.57 Å². The van der Waals surface area contributed by atoms with Crippen molar-refractivity contribution in [2.45, 2.75) is 13.0 Å². The van der Waals surface area contributed by atoms with Crippen LogP contribution in [0.15, 0.2) is 54.4 Å². The number of allylic oxidation sites excluding steroid dienone is 3. The second-order valence-corrected chi connectivity index (χ2v) is 11.3. The third-order valence-corrected chi connectivity index (χ3v) is 6.52. The molecule has 1 aliphatic rings. The van der Waals surface area contributed by atoms with Gasteiger partial charge in [-0.05, 0) is 37.1 Å². The number of aromatic nitrogens is 1. The molecule has 3 nitrogen and oxygen atoms in total. The topological polar surface area (TPSA) is 24.2 Å². The van der Waals surface area contributed by atoms with Crippen LogP contribution in [0.5, 0.6) is 0 Å². The van der Waals surface area contributed by atoms with Gasteiger partial charge < -0.3 is 9.46 Å². The Morgan fingerprint density at radius 2 is 1.92 bits per heavy atom. The molecule has 0 saturated carbocycles. The molecule has 2 heterocycles. The summed E-state index contributed by atoms with van der Waals surface area (Å²) in [4.78, 5) is 2.04. The van der Waals surface area contributed by atoms with Crippen molar-refractivity contribution in [2.24, 2.45) is 0 Å². The molecule has 2 aromatic rings.